The number of alkyl halides is 1. The second kappa shape index (κ2) is 3.65. The van der Waals surface area contributed by atoms with Crippen molar-refractivity contribution in [2.75, 3.05) is 0 Å². The van der Waals surface area contributed by atoms with Crippen molar-refractivity contribution in [2.24, 2.45) is 0 Å². The summed E-state index contributed by atoms with van der Waals surface area (Å²) in [7, 11) is 0. The van der Waals surface area contributed by atoms with Crippen LogP contribution in [0.15, 0.2) is 35.2 Å². The fraction of sp³-hybridized carbons (Fsp3) is 0.400. The molecule has 0 radical (unpaired) electrons. The van der Waals surface area contributed by atoms with Crippen molar-refractivity contribution in [3.8, 4) is 0 Å². The van der Waals surface area contributed by atoms with Crippen molar-refractivity contribution in [2.45, 2.75) is 26.4 Å². The van der Waals surface area contributed by atoms with Crippen molar-refractivity contribution in [1.29, 1.82) is 0 Å². The van der Waals surface area contributed by atoms with E-state index in [0.717, 1.165) is 5.57 Å². The van der Waals surface area contributed by atoms with Gasteiger partial charge in [0.05, 0.1) is 0 Å². The molecule has 0 spiro atoms. The van der Waals surface area contributed by atoms with E-state index in [4.69, 9.17) is 0 Å². The van der Waals surface area contributed by atoms with Gasteiger partial charge < -0.3 is 0 Å². The summed E-state index contributed by atoms with van der Waals surface area (Å²) in [5, 5.41) is 0. The Morgan fingerprint density at radius 2 is 2.33 bits per heavy atom. The standard InChI is InChI=1S/C10H12F2/c1-3-7(2)9-6-8(11)4-5-10(9)12/h3-4,6,10H,5H2,1-2H3/b7-3+. The molecule has 0 aliphatic heterocycles. The van der Waals surface area contributed by atoms with Gasteiger partial charge in [-0.2, -0.15) is 0 Å². The molecule has 1 aliphatic carbocycles. The van der Waals surface area contributed by atoms with Crippen LogP contribution in [0.25, 0.3) is 0 Å². The van der Waals surface area contributed by atoms with Gasteiger partial charge in [-0.25, -0.2) is 8.78 Å². The van der Waals surface area contributed by atoms with Crippen LogP contribution in [-0.2, 0) is 0 Å². The maximum Gasteiger partial charge on any atom is 0.129 e. The van der Waals surface area contributed by atoms with Crippen LogP contribution in [0.5, 0.6) is 0 Å². The molecule has 1 atom stereocenters. The number of hydrogen-bond donors (Lipinski definition) is 0. The van der Waals surface area contributed by atoms with Gasteiger partial charge in [-0.3, -0.25) is 0 Å². The van der Waals surface area contributed by atoms with Gasteiger partial charge in [0.2, 0.25) is 0 Å². The fourth-order valence-corrected chi connectivity index (χ4v) is 1.17. The minimum absolute atomic E-state index is 0.156. The molecule has 0 nitrogen and oxygen atoms in total. The lowest BCUT2D eigenvalue weighted by Gasteiger charge is -2.15. The van der Waals surface area contributed by atoms with E-state index in [1.807, 2.05) is 6.92 Å². The molecule has 0 heterocycles. The zero-order valence-electron chi connectivity index (χ0n) is 7.27. The van der Waals surface area contributed by atoms with E-state index in [-0.39, 0.29) is 12.2 Å². The van der Waals surface area contributed by atoms with Gasteiger partial charge in [-0.15, -0.1) is 0 Å². The smallest absolute Gasteiger partial charge is 0.129 e. The Balaban J connectivity index is 2.93. The largest absolute Gasteiger partial charge is 0.242 e. The van der Waals surface area contributed by atoms with E-state index in [1.165, 1.54) is 12.2 Å². The minimum Gasteiger partial charge on any atom is -0.242 e. The van der Waals surface area contributed by atoms with Crippen molar-refractivity contribution in [1.82, 2.24) is 0 Å². The lowest BCUT2D eigenvalue weighted by Crippen LogP contribution is -2.08. The second-order valence-electron chi connectivity index (χ2n) is 2.86. The monoisotopic (exact) mass is 170 g/mol. The topological polar surface area (TPSA) is 0 Å². The molecule has 0 aromatic rings. The highest BCUT2D eigenvalue weighted by molar-refractivity contribution is 5.39. The predicted octanol–water partition coefficient (Wildman–Crippen LogP) is 3.47. The van der Waals surface area contributed by atoms with Crippen molar-refractivity contribution in [3.05, 3.63) is 35.2 Å². The van der Waals surface area contributed by atoms with Gasteiger partial charge in [0.1, 0.15) is 12.0 Å². The van der Waals surface area contributed by atoms with Gasteiger partial charge in [-0.05, 0) is 37.1 Å². The summed E-state index contributed by atoms with van der Waals surface area (Å²) >= 11 is 0. The normalized spacial score (nSPS) is 25.0. The SMILES string of the molecule is C/C=C(\C)C1=CC(F)=CCC1F. The third-order valence-electron chi connectivity index (χ3n) is 2.04. The molecule has 0 N–H and O–H groups in total. The molecule has 0 saturated heterocycles. The van der Waals surface area contributed by atoms with Crippen LogP contribution in [0.1, 0.15) is 20.3 Å². The molecule has 0 aromatic carbocycles. The molecule has 1 aliphatic rings. The molecule has 0 bridgehead atoms. The molecule has 66 valence electrons. The van der Waals surface area contributed by atoms with E-state index >= 15 is 0 Å². The molecule has 0 saturated carbocycles. The number of hydrogen-bond acceptors (Lipinski definition) is 0. The summed E-state index contributed by atoms with van der Waals surface area (Å²) in [6, 6.07) is 0. The molecule has 0 fully saturated rings. The highest BCUT2D eigenvalue weighted by Crippen LogP contribution is 2.26. The zero-order valence-corrected chi connectivity index (χ0v) is 7.27. The molecule has 1 rings (SSSR count). The molecule has 0 aromatic heterocycles. The van der Waals surface area contributed by atoms with E-state index in [9.17, 15) is 8.78 Å². The van der Waals surface area contributed by atoms with E-state index in [1.54, 1.807) is 13.0 Å². The third-order valence-corrected chi connectivity index (χ3v) is 2.04. The van der Waals surface area contributed by atoms with Crippen LogP contribution in [0, 0.1) is 0 Å². The summed E-state index contributed by atoms with van der Waals surface area (Å²) in [5.41, 5.74) is 1.28. The van der Waals surface area contributed by atoms with Crippen LogP contribution in [0.2, 0.25) is 0 Å². The predicted molar refractivity (Wildman–Crippen MR) is 46.2 cm³/mol. The van der Waals surface area contributed by atoms with Crippen molar-refractivity contribution >= 4 is 0 Å². The number of halogens is 2. The van der Waals surface area contributed by atoms with Crippen LogP contribution in [0.3, 0.4) is 0 Å². The second-order valence-corrected chi connectivity index (χ2v) is 2.86. The van der Waals surface area contributed by atoms with Crippen LogP contribution >= 0.6 is 0 Å². The minimum atomic E-state index is -1.04. The molecular formula is C10H12F2. The lowest BCUT2D eigenvalue weighted by molar-refractivity contribution is 0.380. The van der Waals surface area contributed by atoms with Gasteiger partial charge in [-0.1, -0.05) is 6.08 Å². The summed E-state index contributed by atoms with van der Waals surface area (Å²) in [6.07, 6.45) is 3.45. The van der Waals surface area contributed by atoms with E-state index in [0.29, 0.717) is 5.57 Å². The van der Waals surface area contributed by atoms with Crippen LogP contribution in [-0.4, -0.2) is 6.17 Å². The first-order chi connectivity index (χ1) is 5.65. The average Bonchev–Trinajstić information content (AvgIpc) is 2.08. The number of rotatable bonds is 1. The highest BCUT2D eigenvalue weighted by atomic mass is 19.1. The first-order valence-electron chi connectivity index (χ1n) is 3.99. The molecule has 12 heavy (non-hydrogen) atoms. The summed E-state index contributed by atoms with van der Waals surface area (Å²) in [5.74, 6) is -0.333. The average molecular weight is 170 g/mol. The Bertz CT molecular complexity index is 259. The van der Waals surface area contributed by atoms with Crippen LogP contribution in [0.4, 0.5) is 8.78 Å². The van der Waals surface area contributed by atoms with Crippen molar-refractivity contribution in [3.63, 3.8) is 0 Å². The Morgan fingerprint density at radius 3 is 2.92 bits per heavy atom. The van der Waals surface area contributed by atoms with Crippen molar-refractivity contribution < 1.29 is 8.78 Å². The lowest BCUT2D eigenvalue weighted by atomic mass is 9.96. The zero-order chi connectivity index (χ0) is 9.14. The van der Waals surface area contributed by atoms with Gasteiger partial charge >= 0.3 is 0 Å². The highest BCUT2D eigenvalue weighted by Gasteiger charge is 2.17. The first-order valence-corrected chi connectivity index (χ1v) is 3.99. The Hall–Kier alpha value is -0.920. The van der Waals surface area contributed by atoms with Crippen LogP contribution < -0.4 is 0 Å². The van der Waals surface area contributed by atoms with Gasteiger partial charge in [0.25, 0.3) is 0 Å². The van der Waals surface area contributed by atoms with E-state index in [2.05, 4.69) is 0 Å². The third kappa shape index (κ3) is 1.81. The maximum atomic E-state index is 13.1. The number of allylic oxidation sites excluding steroid dienone is 6. The van der Waals surface area contributed by atoms with E-state index < -0.39 is 6.17 Å². The fourth-order valence-electron chi connectivity index (χ4n) is 1.17. The first kappa shape index (κ1) is 9.17. The van der Waals surface area contributed by atoms with Gasteiger partial charge in [0, 0.05) is 6.42 Å². The summed E-state index contributed by atoms with van der Waals surface area (Å²) in [4.78, 5) is 0. The molecule has 1 unspecified atom stereocenters. The van der Waals surface area contributed by atoms with Gasteiger partial charge in [0.15, 0.2) is 0 Å². The summed E-state index contributed by atoms with van der Waals surface area (Å²) in [6.45, 7) is 3.61. The molecule has 0 amide bonds. The summed E-state index contributed by atoms with van der Waals surface area (Å²) < 4.78 is 25.8. The Labute approximate surface area is 71.3 Å². The molecule has 2 heteroatoms. The molecular weight excluding hydrogens is 158 g/mol. The quantitative estimate of drug-likeness (QED) is 0.565. The maximum absolute atomic E-state index is 13.1. The Morgan fingerprint density at radius 1 is 1.67 bits per heavy atom. The Kier molecular flexibility index (Phi) is 2.79.